The molecule has 96 valence electrons. The molecule has 0 radical (unpaired) electrons. The lowest BCUT2D eigenvalue weighted by Gasteiger charge is -2.14. The van der Waals surface area contributed by atoms with Gasteiger partial charge in [0.05, 0.1) is 7.11 Å². The van der Waals surface area contributed by atoms with Gasteiger partial charge in [-0.25, -0.2) is 0 Å². The molecule has 0 aliphatic rings. The Balaban J connectivity index is 1.92. The topological polar surface area (TPSA) is 26.2 Å². The molecule has 0 aliphatic carbocycles. The van der Waals surface area contributed by atoms with Gasteiger partial charge in [-0.1, -0.05) is 12.1 Å². The van der Waals surface area contributed by atoms with Crippen LogP contribution in [0.1, 0.15) is 24.1 Å². The van der Waals surface area contributed by atoms with Crippen molar-refractivity contribution in [2.24, 2.45) is 7.05 Å². The third-order valence-electron chi connectivity index (χ3n) is 3.12. The zero-order valence-electron chi connectivity index (χ0n) is 11.2. The molecule has 0 amide bonds. The minimum Gasteiger partial charge on any atom is -0.497 e. The second kappa shape index (κ2) is 5.74. The van der Waals surface area contributed by atoms with E-state index < -0.39 is 0 Å². The lowest BCUT2D eigenvalue weighted by molar-refractivity contribution is 0.414. The van der Waals surface area contributed by atoms with Gasteiger partial charge in [0.15, 0.2) is 0 Å². The van der Waals surface area contributed by atoms with Crippen molar-refractivity contribution in [3.63, 3.8) is 0 Å². The minimum atomic E-state index is 0.330. The Morgan fingerprint density at radius 3 is 2.50 bits per heavy atom. The Morgan fingerprint density at radius 1 is 1.22 bits per heavy atom. The Hall–Kier alpha value is -1.74. The number of nitrogens with one attached hydrogen (secondary N) is 1. The predicted molar refractivity (Wildman–Crippen MR) is 73.7 cm³/mol. The fraction of sp³-hybridized carbons (Fsp3) is 0.333. The Morgan fingerprint density at radius 2 is 1.94 bits per heavy atom. The summed E-state index contributed by atoms with van der Waals surface area (Å²) in [5, 5.41) is 3.51. The summed E-state index contributed by atoms with van der Waals surface area (Å²) >= 11 is 0. The molecule has 0 bridgehead atoms. The molecule has 1 heterocycles. The number of aromatic nitrogens is 1. The van der Waals surface area contributed by atoms with Gasteiger partial charge >= 0.3 is 0 Å². The van der Waals surface area contributed by atoms with E-state index in [1.807, 2.05) is 19.2 Å². The first-order valence-corrected chi connectivity index (χ1v) is 6.17. The smallest absolute Gasteiger partial charge is 0.118 e. The normalized spacial score (nSPS) is 12.4. The summed E-state index contributed by atoms with van der Waals surface area (Å²) in [5.74, 6) is 0.897. The number of hydrogen-bond acceptors (Lipinski definition) is 2. The van der Waals surface area contributed by atoms with Gasteiger partial charge in [0.1, 0.15) is 5.75 Å². The van der Waals surface area contributed by atoms with E-state index in [1.165, 1.54) is 11.1 Å². The third-order valence-corrected chi connectivity index (χ3v) is 3.12. The molecule has 18 heavy (non-hydrogen) atoms. The maximum Gasteiger partial charge on any atom is 0.118 e. The highest BCUT2D eigenvalue weighted by atomic mass is 16.5. The van der Waals surface area contributed by atoms with Gasteiger partial charge in [-0.2, -0.15) is 0 Å². The number of methoxy groups -OCH3 is 1. The van der Waals surface area contributed by atoms with Crippen LogP contribution >= 0.6 is 0 Å². The van der Waals surface area contributed by atoms with E-state index in [4.69, 9.17) is 4.74 Å². The molecule has 0 fully saturated rings. The molecule has 2 aromatic rings. The largest absolute Gasteiger partial charge is 0.497 e. The molecule has 1 N–H and O–H groups in total. The van der Waals surface area contributed by atoms with E-state index in [0.717, 1.165) is 12.3 Å². The van der Waals surface area contributed by atoms with Gasteiger partial charge in [-0.15, -0.1) is 0 Å². The molecule has 1 aromatic heterocycles. The number of rotatable bonds is 5. The van der Waals surface area contributed by atoms with Crippen molar-refractivity contribution < 1.29 is 4.74 Å². The Kier molecular flexibility index (Phi) is 4.05. The maximum absolute atomic E-state index is 5.16. The highest BCUT2D eigenvalue weighted by Gasteiger charge is 2.05. The van der Waals surface area contributed by atoms with Gasteiger partial charge in [0.25, 0.3) is 0 Å². The highest BCUT2D eigenvalue weighted by molar-refractivity contribution is 5.28. The van der Waals surface area contributed by atoms with Crippen molar-refractivity contribution in [1.82, 2.24) is 9.88 Å². The summed E-state index contributed by atoms with van der Waals surface area (Å²) in [6, 6.07) is 10.7. The SMILES string of the molecule is COc1ccc([C@H](C)NCc2ccn(C)c2)cc1. The number of ether oxygens (including phenoxy) is 1. The van der Waals surface area contributed by atoms with Crippen molar-refractivity contribution in [3.05, 3.63) is 53.9 Å². The number of benzene rings is 1. The average molecular weight is 244 g/mol. The molecule has 0 saturated heterocycles. The maximum atomic E-state index is 5.16. The molecule has 2 rings (SSSR count). The van der Waals surface area contributed by atoms with Crippen LogP contribution in [0.15, 0.2) is 42.7 Å². The Bertz CT molecular complexity index is 487. The predicted octanol–water partition coefficient (Wildman–Crippen LogP) is 2.88. The van der Waals surface area contributed by atoms with Crippen LogP contribution in [0.5, 0.6) is 5.75 Å². The fourth-order valence-corrected chi connectivity index (χ4v) is 1.95. The molecular formula is C15H20N2O. The first-order valence-electron chi connectivity index (χ1n) is 6.17. The van der Waals surface area contributed by atoms with Gasteiger partial charge < -0.3 is 14.6 Å². The molecule has 1 aromatic carbocycles. The molecule has 0 aliphatic heterocycles. The van der Waals surface area contributed by atoms with Crippen LogP contribution in [-0.2, 0) is 13.6 Å². The summed E-state index contributed by atoms with van der Waals surface area (Å²) in [4.78, 5) is 0. The van der Waals surface area contributed by atoms with Gasteiger partial charge in [0.2, 0.25) is 0 Å². The zero-order valence-corrected chi connectivity index (χ0v) is 11.2. The van der Waals surface area contributed by atoms with E-state index in [1.54, 1.807) is 7.11 Å². The summed E-state index contributed by atoms with van der Waals surface area (Å²) in [5.41, 5.74) is 2.57. The monoisotopic (exact) mass is 244 g/mol. The average Bonchev–Trinajstić information content (AvgIpc) is 2.82. The van der Waals surface area contributed by atoms with Crippen LogP contribution in [0, 0.1) is 0 Å². The van der Waals surface area contributed by atoms with E-state index in [9.17, 15) is 0 Å². The second-order valence-corrected chi connectivity index (χ2v) is 4.56. The van der Waals surface area contributed by atoms with Crippen LogP contribution in [0.25, 0.3) is 0 Å². The number of nitrogens with zero attached hydrogens (tertiary/aromatic N) is 1. The molecule has 3 heteroatoms. The fourth-order valence-electron chi connectivity index (χ4n) is 1.95. The molecule has 0 spiro atoms. The summed E-state index contributed by atoms with van der Waals surface area (Å²) in [7, 11) is 3.72. The van der Waals surface area contributed by atoms with E-state index in [2.05, 4.69) is 47.4 Å². The second-order valence-electron chi connectivity index (χ2n) is 4.56. The number of aryl methyl sites for hydroxylation is 1. The van der Waals surface area contributed by atoms with Crippen LogP contribution in [0.2, 0.25) is 0 Å². The van der Waals surface area contributed by atoms with Crippen LogP contribution in [0.4, 0.5) is 0 Å². The zero-order chi connectivity index (χ0) is 13.0. The van der Waals surface area contributed by atoms with E-state index in [-0.39, 0.29) is 0 Å². The van der Waals surface area contributed by atoms with E-state index in [0.29, 0.717) is 6.04 Å². The van der Waals surface area contributed by atoms with Crippen LogP contribution in [0.3, 0.4) is 0 Å². The lowest BCUT2D eigenvalue weighted by Crippen LogP contribution is -2.17. The van der Waals surface area contributed by atoms with Crippen LogP contribution in [-0.4, -0.2) is 11.7 Å². The lowest BCUT2D eigenvalue weighted by atomic mass is 10.1. The summed E-state index contributed by atoms with van der Waals surface area (Å²) in [6.45, 7) is 3.05. The quantitative estimate of drug-likeness (QED) is 0.875. The molecule has 1 atom stereocenters. The van der Waals surface area contributed by atoms with Crippen molar-refractivity contribution >= 4 is 0 Å². The van der Waals surface area contributed by atoms with Gasteiger partial charge in [-0.3, -0.25) is 0 Å². The minimum absolute atomic E-state index is 0.330. The third kappa shape index (κ3) is 3.14. The molecule has 3 nitrogen and oxygen atoms in total. The summed E-state index contributed by atoms with van der Waals surface area (Å²) in [6.07, 6.45) is 4.20. The molecular weight excluding hydrogens is 224 g/mol. The summed E-state index contributed by atoms with van der Waals surface area (Å²) < 4.78 is 7.22. The molecule has 0 unspecified atom stereocenters. The first kappa shape index (κ1) is 12.7. The standard InChI is InChI=1S/C15H20N2O/c1-12(14-4-6-15(18-3)7-5-14)16-10-13-8-9-17(2)11-13/h4-9,11-12,16H,10H2,1-3H3/t12-/m0/s1. The molecule has 0 saturated carbocycles. The van der Waals surface area contributed by atoms with Crippen molar-refractivity contribution in [3.8, 4) is 5.75 Å². The van der Waals surface area contributed by atoms with Gasteiger partial charge in [0, 0.05) is 32.0 Å². The Labute approximate surface area is 108 Å². The van der Waals surface area contributed by atoms with E-state index >= 15 is 0 Å². The first-order chi connectivity index (χ1) is 8.69. The highest BCUT2D eigenvalue weighted by Crippen LogP contribution is 2.17. The van der Waals surface area contributed by atoms with Crippen LogP contribution < -0.4 is 10.1 Å². The van der Waals surface area contributed by atoms with Crippen molar-refractivity contribution in [2.45, 2.75) is 19.5 Å². The number of hydrogen-bond donors (Lipinski definition) is 1. The van der Waals surface area contributed by atoms with Crippen molar-refractivity contribution in [2.75, 3.05) is 7.11 Å². The van der Waals surface area contributed by atoms with Crippen molar-refractivity contribution in [1.29, 1.82) is 0 Å². The van der Waals surface area contributed by atoms with Gasteiger partial charge in [-0.05, 0) is 36.2 Å².